The van der Waals surface area contributed by atoms with E-state index in [2.05, 4.69) is 0 Å². The van der Waals surface area contributed by atoms with Crippen LogP contribution in [0.4, 0.5) is 17.6 Å². The minimum Gasteiger partial charge on any atom is -0.479 e. The molecule has 3 rings (SSSR count). The van der Waals surface area contributed by atoms with Gasteiger partial charge >= 0.3 is 5.97 Å². The van der Waals surface area contributed by atoms with E-state index in [0.717, 1.165) is 16.7 Å². The molecule has 1 aliphatic carbocycles. The van der Waals surface area contributed by atoms with E-state index in [1.54, 1.807) is 17.0 Å². The van der Waals surface area contributed by atoms with Crippen LogP contribution in [-0.4, -0.2) is 53.8 Å². The highest BCUT2D eigenvalue weighted by Gasteiger charge is 2.50. The van der Waals surface area contributed by atoms with Gasteiger partial charge < -0.3 is 9.84 Å². The van der Waals surface area contributed by atoms with Gasteiger partial charge in [-0.15, -0.1) is 0 Å². The molecule has 0 amide bonds. The summed E-state index contributed by atoms with van der Waals surface area (Å²) in [6.07, 6.45) is -1.56. The van der Waals surface area contributed by atoms with Gasteiger partial charge in [-0.2, -0.15) is 4.39 Å². The number of hydrogen-bond acceptors (Lipinski definition) is 3. The fraction of sp³-hybridized carbons (Fsp3) is 0.450. The summed E-state index contributed by atoms with van der Waals surface area (Å²) in [5.41, 5.74) is 0.666. The number of ether oxygens (including phenoxy) is 1. The van der Waals surface area contributed by atoms with Crippen molar-refractivity contribution in [3.05, 3.63) is 47.3 Å². The molecular formula is C20H21F4NO3. The Balaban J connectivity index is 1.67. The predicted octanol–water partition coefficient (Wildman–Crippen LogP) is 3.87. The minimum absolute atomic E-state index is 0.0665. The number of carboxylic acid groups (broad SMARTS) is 1. The Bertz CT molecular complexity index is 805. The van der Waals surface area contributed by atoms with E-state index in [9.17, 15) is 22.4 Å². The maximum atomic E-state index is 13.9. The zero-order valence-electron chi connectivity index (χ0n) is 15.2. The van der Waals surface area contributed by atoms with Gasteiger partial charge in [-0.3, -0.25) is 4.90 Å². The van der Waals surface area contributed by atoms with Crippen LogP contribution in [0.2, 0.25) is 0 Å². The highest BCUT2D eigenvalue weighted by molar-refractivity contribution is 5.79. The van der Waals surface area contributed by atoms with Crippen LogP contribution < -0.4 is 4.74 Å². The Labute approximate surface area is 160 Å². The van der Waals surface area contributed by atoms with Gasteiger partial charge in [0.2, 0.25) is 5.67 Å². The van der Waals surface area contributed by atoms with Gasteiger partial charge in [-0.05, 0) is 41.7 Å². The van der Waals surface area contributed by atoms with Crippen molar-refractivity contribution in [3.63, 3.8) is 0 Å². The van der Waals surface area contributed by atoms with Gasteiger partial charge in [0.05, 0.1) is 6.33 Å². The molecule has 152 valence electrons. The quantitative estimate of drug-likeness (QED) is 0.708. The third-order valence-electron chi connectivity index (χ3n) is 5.11. The molecule has 0 aromatic heterocycles. The molecule has 1 saturated heterocycles. The Kier molecular flexibility index (Phi) is 5.79. The SMILES string of the molecule is C[C@H]1Cc2cc(OC(F)C(F)C=CF)ccc2C=C1CN1CC(F)(C(=O)O)C1. The van der Waals surface area contributed by atoms with Gasteiger partial charge in [-0.1, -0.05) is 24.6 Å². The van der Waals surface area contributed by atoms with Crippen molar-refractivity contribution in [2.75, 3.05) is 19.6 Å². The summed E-state index contributed by atoms with van der Waals surface area (Å²) >= 11 is 0. The second kappa shape index (κ2) is 7.95. The highest BCUT2D eigenvalue weighted by atomic mass is 19.2. The summed E-state index contributed by atoms with van der Waals surface area (Å²) in [5.74, 6) is -1.17. The Morgan fingerprint density at radius 2 is 2.14 bits per heavy atom. The van der Waals surface area contributed by atoms with E-state index in [4.69, 9.17) is 9.84 Å². The lowest BCUT2D eigenvalue weighted by Crippen LogP contribution is -2.63. The van der Waals surface area contributed by atoms with E-state index in [0.29, 0.717) is 19.0 Å². The minimum atomic E-state index is -2.31. The maximum Gasteiger partial charge on any atom is 0.344 e. The summed E-state index contributed by atoms with van der Waals surface area (Å²) in [6, 6.07) is 4.84. The van der Waals surface area contributed by atoms with Gasteiger partial charge in [-0.25, -0.2) is 18.0 Å². The monoisotopic (exact) mass is 399 g/mol. The number of rotatable bonds is 7. The number of benzene rings is 1. The molecule has 28 heavy (non-hydrogen) atoms. The van der Waals surface area contributed by atoms with E-state index < -0.39 is 24.2 Å². The van der Waals surface area contributed by atoms with E-state index in [1.807, 2.05) is 13.0 Å². The standard InChI is InChI=1S/C20H21F4NO3/c1-12-6-14-8-16(28-18(23)17(22)4-5-21)3-2-13(14)7-15(12)9-25-10-20(24,11-25)19(26)27/h2-5,7-8,12,17-18H,6,9-11H2,1H3,(H,26,27)/t12-,17?,18?/m0/s1. The van der Waals surface area contributed by atoms with Crippen molar-refractivity contribution >= 4 is 12.0 Å². The molecule has 0 bridgehead atoms. The summed E-state index contributed by atoms with van der Waals surface area (Å²) in [4.78, 5) is 12.6. The Morgan fingerprint density at radius 3 is 2.79 bits per heavy atom. The molecule has 0 spiro atoms. The lowest BCUT2D eigenvalue weighted by Gasteiger charge is -2.42. The van der Waals surface area contributed by atoms with Crippen molar-refractivity contribution in [2.24, 2.45) is 5.92 Å². The summed E-state index contributed by atoms with van der Waals surface area (Å²) in [6.45, 7) is 2.19. The predicted molar refractivity (Wildman–Crippen MR) is 95.9 cm³/mol. The average Bonchev–Trinajstić information content (AvgIpc) is 2.60. The maximum absolute atomic E-state index is 13.9. The molecule has 1 aliphatic heterocycles. The molecule has 2 unspecified atom stereocenters. The van der Waals surface area contributed by atoms with Crippen LogP contribution in [0, 0.1) is 5.92 Å². The fourth-order valence-corrected chi connectivity index (χ4v) is 3.50. The second-order valence-corrected chi connectivity index (χ2v) is 7.33. The number of carbonyl (C=O) groups is 1. The van der Waals surface area contributed by atoms with E-state index in [1.165, 1.54) is 6.07 Å². The van der Waals surface area contributed by atoms with Crippen LogP contribution >= 0.6 is 0 Å². The van der Waals surface area contributed by atoms with Crippen LogP contribution in [-0.2, 0) is 11.2 Å². The lowest BCUT2D eigenvalue weighted by atomic mass is 9.83. The third kappa shape index (κ3) is 4.22. The largest absolute Gasteiger partial charge is 0.479 e. The van der Waals surface area contributed by atoms with Crippen molar-refractivity contribution < 1.29 is 32.2 Å². The first kappa shape index (κ1) is 20.4. The molecule has 8 heteroatoms. The second-order valence-electron chi connectivity index (χ2n) is 7.33. The van der Waals surface area contributed by atoms with Gasteiger partial charge in [0, 0.05) is 19.6 Å². The Hall–Kier alpha value is -2.35. The molecule has 2 aliphatic rings. The number of nitrogens with zero attached hydrogens (tertiary/aromatic N) is 1. The third-order valence-corrected chi connectivity index (χ3v) is 5.11. The van der Waals surface area contributed by atoms with Crippen molar-refractivity contribution in [1.82, 2.24) is 4.90 Å². The normalized spacial score (nSPS) is 23.5. The summed E-state index contributed by atoms with van der Waals surface area (Å²) in [7, 11) is 0. The Morgan fingerprint density at radius 1 is 1.43 bits per heavy atom. The molecule has 0 saturated carbocycles. The lowest BCUT2D eigenvalue weighted by molar-refractivity contribution is -0.163. The summed E-state index contributed by atoms with van der Waals surface area (Å²) in [5, 5.41) is 8.85. The van der Waals surface area contributed by atoms with E-state index >= 15 is 0 Å². The zero-order chi connectivity index (χ0) is 20.5. The van der Waals surface area contributed by atoms with Crippen molar-refractivity contribution in [2.45, 2.75) is 31.5 Å². The zero-order valence-corrected chi connectivity index (χ0v) is 15.2. The van der Waals surface area contributed by atoms with Crippen molar-refractivity contribution in [1.29, 1.82) is 0 Å². The molecule has 1 heterocycles. The highest BCUT2D eigenvalue weighted by Crippen LogP contribution is 2.34. The topological polar surface area (TPSA) is 49.8 Å². The molecule has 3 atom stereocenters. The number of alkyl halides is 3. The van der Waals surface area contributed by atoms with Crippen LogP contribution in [0.5, 0.6) is 5.75 Å². The first-order valence-corrected chi connectivity index (χ1v) is 8.91. The van der Waals surface area contributed by atoms with E-state index in [-0.39, 0.29) is 31.1 Å². The molecule has 0 radical (unpaired) electrons. The van der Waals surface area contributed by atoms with Gasteiger partial charge in [0.1, 0.15) is 5.75 Å². The molecule has 1 N–H and O–H groups in total. The molecule has 1 aromatic rings. The van der Waals surface area contributed by atoms with Crippen molar-refractivity contribution in [3.8, 4) is 5.75 Å². The fourth-order valence-electron chi connectivity index (χ4n) is 3.50. The number of hydrogen-bond donors (Lipinski definition) is 1. The molecule has 4 nitrogen and oxygen atoms in total. The van der Waals surface area contributed by atoms with Crippen LogP contribution in [0.1, 0.15) is 18.1 Å². The first-order chi connectivity index (χ1) is 13.2. The molecule has 1 fully saturated rings. The number of halogens is 4. The number of carboxylic acids is 1. The molecular weight excluding hydrogens is 378 g/mol. The average molecular weight is 399 g/mol. The van der Waals surface area contributed by atoms with Gasteiger partial charge in [0.25, 0.3) is 6.36 Å². The van der Waals surface area contributed by atoms with Crippen LogP contribution in [0.15, 0.2) is 36.2 Å². The molecule has 1 aromatic carbocycles. The van der Waals surface area contributed by atoms with Crippen LogP contribution in [0.25, 0.3) is 6.08 Å². The summed E-state index contributed by atoms with van der Waals surface area (Å²) < 4.78 is 57.7. The first-order valence-electron chi connectivity index (χ1n) is 8.91. The van der Waals surface area contributed by atoms with Gasteiger partial charge in [0.15, 0.2) is 6.17 Å². The smallest absolute Gasteiger partial charge is 0.344 e. The van der Waals surface area contributed by atoms with Crippen LogP contribution in [0.3, 0.4) is 0 Å². The number of aliphatic carboxylic acids is 1. The number of fused-ring (bicyclic) bond motifs is 1. The number of likely N-dealkylation sites (tertiary alicyclic amines) is 1.